The van der Waals surface area contributed by atoms with Crippen LogP contribution in [-0.4, -0.2) is 5.91 Å². The molecule has 2 heteroatoms. The van der Waals surface area contributed by atoms with Crippen LogP contribution in [0, 0.1) is 5.92 Å². The maximum absolute atomic E-state index is 11.6. The molecule has 0 bridgehead atoms. The van der Waals surface area contributed by atoms with Crippen molar-refractivity contribution in [1.29, 1.82) is 0 Å². The van der Waals surface area contributed by atoms with Gasteiger partial charge in [0, 0.05) is 5.92 Å². The van der Waals surface area contributed by atoms with Crippen LogP contribution in [0.3, 0.4) is 0 Å². The number of unbranched alkanes of at least 4 members (excludes halogenated alkanes) is 17. The molecule has 2 N–H and O–H groups in total. The smallest absolute Gasteiger partial charge is 0.220 e. The van der Waals surface area contributed by atoms with Crippen molar-refractivity contribution < 1.29 is 4.79 Å². The highest BCUT2D eigenvalue weighted by Gasteiger charge is 2.13. The van der Waals surface area contributed by atoms with E-state index >= 15 is 0 Å². The molecule has 0 spiro atoms. The molecule has 2 nitrogen and oxygen atoms in total. The van der Waals surface area contributed by atoms with E-state index in [0.29, 0.717) is 0 Å². The molecule has 0 aromatic heterocycles. The van der Waals surface area contributed by atoms with E-state index in [4.69, 9.17) is 5.73 Å². The molecule has 0 aliphatic rings. The molecule has 0 aliphatic carbocycles. The van der Waals surface area contributed by atoms with Gasteiger partial charge < -0.3 is 5.73 Å². The lowest BCUT2D eigenvalue weighted by molar-refractivity contribution is -0.122. The molecule has 1 atom stereocenters. The molecular weight excluding hydrogens is 522 g/mol. The maximum atomic E-state index is 11.6. The second kappa shape index (κ2) is 35.8. The average molecular weight is 592 g/mol. The Balaban J connectivity index is 3.45. The van der Waals surface area contributed by atoms with Gasteiger partial charge in [0.2, 0.25) is 5.91 Å². The van der Waals surface area contributed by atoms with Gasteiger partial charge in [-0.05, 0) is 51.4 Å². The normalized spacial score (nSPS) is 13.5. The number of nitrogens with two attached hydrogens (primary N) is 1. The Morgan fingerprint density at radius 2 is 0.791 bits per heavy atom. The van der Waals surface area contributed by atoms with Gasteiger partial charge in [-0.3, -0.25) is 4.79 Å². The number of allylic oxidation sites excluding steroid dienone is 14. The summed E-state index contributed by atoms with van der Waals surface area (Å²) in [6, 6.07) is 0. The van der Waals surface area contributed by atoms with Crippen LogP contribution in [-0.2, 0) is 4.79 Å². The molecule has 0 aliphatic heterocycles. The summed E-state index contributed by atoms with van der Waals surface area (Å²) in [5.74, 6) is -0.0512. The third-order valence-corrected chi connectivity index (χ3v) is 7.90. The van der Waals surface area contributed by atoms with E-state index in [0.717, 1.165) is 25.7 Å². The minimum atomic E-state index is -0.115. The Kier molecular flexibility index (Phi) is 33.9. The Morgan fingerprint density at radius 3 is 1.23 bits per heavy atom. The van der Waals surface area contributed by atoms with Crippen LogP contribution in [0.2, 0.25) is 0 Å². The minimum absolute atomic E-state index is 0.0641. The summed E-state index contributed by atoms with van der Waals surface area (Å²) in [4.78, 5) is 11.6. The average Bonchev–Trinajstić information content (AvgIpc) is 3.00. The van der Waals surface area contributed by atoms with E-state index in [-0.39, 0.29) is 11.8 Å². The van der Waals surface area contributed by atoms with Crippen LogP contribution in [0.25, 0.3) is 0 Å². The Bertz CT molecular complexity index is 795. The number of hydrogen-bond acceptors (Lipinski definition) is 1. The topological polar surface area (TPSA) is 43.1 Å². The molecule has 1 amide bonds. The summed E-state index contributed by atoms with van der Waals surface area (Å²) in [6.45, 7) is 4.42. The van der Waals surface area contributed by atoms with Crippen LogP contribution < -0.4 is 5.73 Å². The summed E-state index contributed by atoms with van der Waals surface area (Å²) >= 11 is 0. The van der Waals surface area contributed by atoms with Crippen LogP contribution >= 0.6 is 0 Å². The summed E-state index contributed by atoms with van der Waals surface area (Å²) in [7, 11) is 0. The highest BCUT2D eigenvalue weighted by molar-refractivity contribution is 5.76. The first-order valence-electron chi connectivity index (χ1n) is 18.1. The van der Waals surface area contributed by atoms with Gasteiger partial charge in [0.05, 0.1) is 0 Å². The zero-order chi connectivity index (χ0) is 31.3. The highest BCUT2D eigenvalue weighted by Crippen LogP contribution is 2.17. The zero-order valence-electron chi connectivity index (χ0n) is 28.4. The summed E-state index contributed by atoms with van der Waals surface area (Å²) in [6.07, 6.45) is 59.0. The Morgan fingerprint density at radius 1 is 0.419 bits per heavy atom. The van der Waals surface area contributed by atoms with Crippen LogP contribution in [0.4, 0.5) is 0 Å². The molecular formula is C41H69NO. The van der Waals surface area contributed by atoms with E-state index in [1.807, 2.05) is 0 Å². The molecule has 1 unspecified atom stereocenters. The first kappa shape index (κ1) is 40.6. The maximum Gasteiger partial charge on any atom is 0.220 e. The monoisotopic (exact) mass is 592 g/mol. The fraction of sp³-hybridized carbons (Fsp3) is 0.634. The molecule has 0 saturated carbocycles. The zero-order valence-corrected chi connectivity index (χ0v) is 28.4. The van der Waals surface area contributed by atoms with E-state index in [1.54, 1.807) is 0 Å². The molecule has 43 heavy (non-hydrogen) atoms. The third kappa shape index (κ3) is 34.0. The molecule has 0 saturated heterocycles. The van der Waals surface area contributed by atoms with Crippen LogP contribution in [0.5, 0.6) is 0 Å². The number of rotatable bonds is 31. The number of carbonyl (C=O) groups is 1. The Hall–Kier alpha value is -2.35. The van der Waals surface area contributed by atoms with Gasteiger partial charge in [-0.15, -0.1) is 0 Å². The predicted molar refractivity (Wildman–Crippen MR) is 194 cm³/mol. The second-order valence-corrected chi connectivity index (χ2v) is 12.0. The standard InChI is InChI=1S/C41H69NO/c1-3-5-7-8-9-10-11-12-13-14-15-16-17-18-19-20-21-22-23-24-25-26-27-28-29-30-31-32-33-34-35-37-39-40(41(42)43)38-36-6-4-2/h8-19,34-35,40H,3-7,20-33,36-39H2,1-2H3,(H2,42,43). The second-order valence-electron chi connectivity index (χ2n) is 12.0. The van der Waals surface area contributed by atoms with Crippen molar-refractivity contribution in [3.8, 4) is 0 Å². The molecule has 0 aromatic rings. The quantitative estimate of drug-likeness (QED) is 0.0486. The molecule has 0 fully saturated rings. The van der Waals surface area contributed by atoms with Gasteiger partial charge in [0.15, 0.2) is 0 Å². The van der Waals surface area contributed by atoms with Gasteiger partial charge in [-0.1, -0.05) is 195 Å². The van der Waals surface area contributed by atoms with Crippen LogP contribution in [0.15, 0.2) is 85.1 Å². The predicted octanol–water partition coefficient (Wildman–Crippen LogP) is 13.0. The van der Waals surface area contributed by atoms with E-state index in [2.05, 4.69) is 98.9 Å². The van der Waals surface area contributed by atoms with Crippen molar-refractivity contribution >= 4 is 5.91 Å². The molecule has 0 heterocycles. The Labute approximate surface area is 268 Å². The van der Waals surface area contributed by atoms with Crippen molar-refractivity contribution in [3.05, 3.63) is 85.1 Å². The lowest BCUT2D eigenvalue weighted by Gasteiger charge is -2.11. The van der Waals surface area contributed by atoms with E-state index < -0.39 is 0 Å². The largest absolute Gasteiger partial charge is 0.369 e. The SMILES string of the molecule is CCCCC=CC=CC=CC=CC=CC=CCCCCCCCCCCCCCCC=CCCC(CCCCC)C(N)=O. The summed E-state index contributed by atoms with van der Waals surface area (Å²) < 4.78 is 0. The molecule has 244 valence electrons. The number of amides is 1. The number of carbonyl (C=O) groups excluding carboxylic acids is 1. The fourth-order valence-electron chi connectivity index (χ4n) is 5.08. The summed E-state index contributed by atoms with van der Waals surface area (Å²) in [5, 5.41) is 0. The lowest BCUT2D eigenvalue weighted by Crippen LogP contribution is -2.23. The van der Waals surface area contributed by atoms with Gasteiger partial charge in [0.25, 0.3) is 0 Å². The van der Waals surface area contributed by atoms with Gasteiger partial charge in [-0.2, -0.15) is 0 Å². The van der Waals surface area contributed by atoms with E-state index in [1.165, 1.54) is 122 Å². The summed E-state index contributed by atoms with van der Waals surface area (Å²) in [5.41, 5.74) is 5.56. The first-order chi connectivity index (χ1) is 21.2. The first-order valence-corrected chi connectivity index (χ1v) is 18.1. The molecule has 0 aromatic carbocycles. The van der Waals surface area contributed by atoms with Crippen molar-refractivity contribution in [2.45, 2.75) is 162 Å². The number of hydrogen-bond donors (Lipinski definition) is 1. The van der Waals surface area contributed by atoms with Gasteiger partial charge in [0.1, 0.15) is 0 Å². The number of primary amides is 1. The molecule has 0 rings (SSSR count). The lowest BCUT2D eigenvalue weighted by atomic mass is 9.95. The third-order valence-electron chi connectivity index (χ3n) is 7.90. The fourth-order valence-corrected chi connectivity index (χ4v) is 5.08. The minimum Gasteiger partial charge on any atom is -0.369 e. The molecule has 0 radical (unpaired) electrons. The highest BCUT2D eigenvalue weighted by atomic mass is 16.1. The van der Waals surface area contributed by atoms with Gasteiger partial charge >= 0.3 is 0 Å². The van der Waals surface area contributed by atoms with Crippen molar-refractivity contribution in [2.75, 3.05) is 0 Å². The van der Waals surface area contributed by atoms with Crippen molar-refractivity contribution in [3.63, 3.8) is 0 Å². The van der Waals surface area contributed by atoms with E-state index in [9.17, 15) is 4.79 Å². The van der Waals surface area contributed by atoms with Crippen LogP contribution in [0.1, 0.15) is 162 Å². The van der Waals surface area contributed by atoms with Gasteiger partial charge in [-0.25, -0.2) is 0 Å². The van der Waals surface area contributed by atoms with Crippen molar-refractivity contribution in [2.24, 2.45) is 11.7 Å². The van der Waals surface area contributed by atoms with Crippen molar-refractivity contribution in [1.82, 2.24) is 0 Å².